The lowest BCUT2D eigenvalue weighted by Crippen LogP contribution is -2.17. The Hall–Kier alpha value is -2.63. The number of carbonyl (C=O) groups excluding carboxylic acids is 1. The molecule has 0 atom stereocenters. The van der Waals surface area contributed by atoms with E-state index in [1.807, 2.05) is 63.2 Å². The molecule has 0 saturated carbocycles. The molecule has 0 saturated heterocycles. The number of nitrogens with one attached hydrogen (secondary N) is 2. The number of rotatable bonds is 5. The lowest BCUT2D eigenvalue weighted by molar-refractivity contribution is -0.118. The highest BCUT2D eigenvalue weighted by Crippen LogP contribution is 2.20. The van der Waals surface area contributed by atoms with E-state index in [1.54, 1.807) is 6.20 Å². The zero-order valence-corrected chi connectivity index (χ0v) is 13.3. The number of amides is 1. The number of hydrogen-bond donors (Lipinski definition) is 2. The number of anilines is 4. The largest absolute Gasteiger partial charge is 0.376 e. The summed E-state index contributed by atoms with van der Waals surface area (Å²) >= 11 is 0. The molecule has 2 rings (SSSR count). The number of nitrogens with zero attached hydrogens (tertiary/aromatic N) is 3. The third kappa shape index (κ3) is 4.18. The Bertz CT molecular complexity index is 637. The summed E-state index contributed by atoms with van der Waals surface area (Å²) in [7, 11) is 3.90. The number of carbonyl (C=O) groups is 1. The summed E-state index contributed by atoms with van der Waals surface area (Å²) in [6, 6.07) is 9.40. The van der Waals surface area contributed by atoms with E-state index in [1.165, 1.54) is 0 Å². The second-order valence-corrected chi connectivity index (χ2v) is 5.54. The van der Waals surface area contributed by atoms with Gasteiger partial charge in [-0.25, -0.2) is 0 Å². The normalized spacial score (nSPS) is 10.4. The van der Waals surface area contributed by atoms with Crippen molar-refractivity contribution in [2.24, 2.45) is 5.92 Å². The highest BCUT2D eigenvalue weighted by Gasteiger charge is 2.07. The zero-order chi connectivity index (χ0) is 16.1. The quantitative estimate of drug-likeness (QED) is 0.888. The van der Waals surface area contributed by atoms with Crippen molar-refractivity contribution in [1.82, 2.24) is 10.2 Å². The fraction of sp³-hybridized carbons (Fsp3) is 0.312. The summed E-state index contributed by atoms with van der Waals surface area (Å²) < 4.78 is 0. The monoisotopic (exact) mass is 299 g/mol. The van der Waals surface area contributed by atoms with Crippen LogP contribution in [0, 0.1) is 5.92 Å². The van der Waals surface area contributed by atoms with Crippen molar-refractivity contribution in [2.45, 2.75) is 13.8 Å². The van der Waals surface area contributed by atoms with Crippen LogP contribution in [-0.4, -0.2) is 30.2 Å². The van der Waals surface area contributed by atoms with E-state index in [9.17, 15) is 4.79 Å². The molecule has 1 heterocycles. The van der Waals surface area contributed by atoms with Crippen molar-refractivity contribution >= 4 is 28.8 Å². The minimum absolute atomic E-state index is 0.00487. The minimum Gasteiger partial charge on any atom is -0.376 e. The molecule has 0 unspecified atom stereocenters. The highest BCUT2D eigenvalue weighted by molar-refractivity contribution is 5.92. The highest BCUT2D eigenvalue weighted by atomic mass is 16.1. The van der Waals surface area contributed by atoms with Crippen molar-refractivity contribution < 1.29 is 4.79 Å². The van der Waals surface area contributed by atoms with Crippen molar-refractivity contribution in [3.63, 3.8) is 0 Å². The van der Waals surface area contributed by atoms with Crippen LogP contribution in [-0.2, 0) is 4.79 Å². The number of benzene rings is 1. The van der Waals surface area contributed by atoms with Crippen LogP contribution in [0.4, 0.5) is 22.9 Å². The molecule has 0 spiro atoms. The van der Waals surface area contributed by atoms with Gasteiger partial charge in [-0.15, -0.1) is 5.10 Å². The van der Waals surface area contributed by atoms with Gasteiger partial charge < -0.3 is 15.5 Å². The van der Waals surface area contributed by atoms with E-state index in [2.05, 4.69) is 20.8 Å². The van der Waals surface area contributed by atoms with Gasteiger partial charge in [-0.3, -0.25) is 4.79 Å². The minimum atomic E-state index is -0.0400. The Morgan fingerprint density at radius 3 is 2.36 bits per heavy atom. The van der Waals surface area contributed by atoms with E-state index in [0.717, 1.165) is 17.1 Å². The van der Waals surface area contributed by atoms with Crippen molar-refractivity contribution in [3.8, 4) is 0 Å². The Labute approximate surface area is 130 Å². The second-order valence-electron chi connectivity index (χ2n) is 5.54. The number of hydrogen-bond acceptors (Lipinski definition) is 5. The standard InChI is InChI=1S/C16H21N5O/c1-11(2)16(22)19-13-7-5-12(6-8-13)18-15-9-14(21(3)4)10-17-20-15/h5-11H,1-4H3,(H,18,20)(H,19,22). The average molecular weight is 299 g/mol. The van der Waals surface area contributed by atoms with Crippen LogP contribution in [0.3, 0.4) is 0 Å². The van der Waals surface area contributed by atoms with Crippen LogP contribution in [0.15, 0.2) is 36.5 Å². The van der Waals surface area contributed by atoms with Gasteiger partial charge in [0.2, 0.25) is 5.91 Å². The molecular formula is C16H21N5O. The molecule has 116 valence electrons. The summed E-state index contributed by atoms with van der Waals surface area (Å²) in [6.07, 6.45) is 1.70. The third-order valence-corrected chi connectivity index (χ3v) is 3.11. The third-order valence-electron chi connectivity index (χ3n) is 3.11. The molecule has 1 aromatic heterocycles. The summed E-state index contributed by atoms with van der Waals surface area (Å²) in [5.41, 5.74) is 2.63. The molecule has 0 aliphatic heterocycles. The van der Waals surface area contributed by atoms with Crippen LogP contribution in [0.1, 0.15) is 13.8 Å². The molecule has 0 bridgehead atoms. The van der Waals surface area contributed by atoms with Crippen LogP contribution in [0.25, 0.3) is 0 Å². The lowest BCUT2D eigenvalue weighted by atomic mass is 10.2. The van der Waals surface area contributed by atoms with Gasteiger partial charge in [-0.1, -0.05) is 13.8 Å². The van der Waals surface area contributed by atoms with Crippen molar-refractivity contribution in [2.75, 3.05) is 29.6 Å². The Morgan fingerprint density at radius 1 is 1.14 bits per heavy atom. The maximum atomic E-state index is 11.6. The van der Waals surface area contributed by atoms with Gasteiger partial charge in [0.1, 0.15) is 0 Å². The van der Waals surface area contributed by atoms with Crippen molar-refractivity contribution in [3.05, 3.63) is 36.5 Å². The van der Waals surface area contributed by atoms with Crippen LogP contribution < -0.4 is 15.5 Å². The molecule has 2 N–H and O–H groups in total. The van der Waals surface area contributed by atoms with E-state index < -0.39 is 0 Å². The van der Waals surface area contributed by atoms with Crippen LogP contribution in [0.5, 0.6) is 0 Å². The van der Waals surface area contributed by atoms with E-state index >= 15 is 0 Å². The van der Waals surface area contributed by atoms with Gasteiger partial charge in [0.15, 0.2) is 5.82 Å². The maximum absolute atomic E-state index is 11.6. The Morgan fingerprint density at radius 2 is 1.77 bits per heavy atom. The predicted octanol–water partition coefficient (Wildman–Crippen LogP) is 2.88. The van der Waals surface area contributed by atoms with E-state index in [-0.39, 0.29) is 11.8 Å². The summed E-state index contributed by atoms with van der Waals surface area (Å²) in [5, 5.41) is 14.1. The first-order valence-electron chi connectivity index (χ1n) is 7.13. The van der Waals surface area contributed by atoms with Gasteiger partial charge in [0.25, 0.3) is 0 Å². The summed E-state index contributed by atoms with van der Waals surface area (Å²) in [4.78, 5) is 13.6. The van der Waals surface area contributed by atoms with Crippen molar-refractivity contribution in [1.29, 1.82) is 0 Å². The zero-order valence-electron chi connectivity index (χ0n) is 13.3. The van der Waals surface area contributed by atoms with Gasteiger partial charge in [-0.05, 0) is 24.3 Å². The molecule has 0 aliphatic rings. The van der Waals surface area contributed by atoms with E-state index in [4.69, 9.17) is 0 Å². The molecule has 0 aliphatic carbocycles. The SMILES string of the molecule is CC(C)C(=O)Nc1ccc(Nc2cc(N(C)C)cnn2)cc1. The molecule has 0 fully saturated rings. The maximum Gasteiger partial charge on any atom is 0.226 e. The molecule has 6 nitrogen and oxygen atoms in total. The summed E-state index contributed by atoms with van der Waals surface area (Å²) in [6.45, 7) is 3.73. The fourth-order valence-corrected chi connectivity index (χ4v) is 1.73. The predicted molar refractivity (Wildman–Crippen MR) is 89.6 cm³/mol. The first-order chi connectivity index (χ1) is 10.5. The fourth-order valence-electron chi connectivity index (χ4n) is 1.73. The first-order valence-corrected chi connectivity index (χ1v) is 7.13. The smallest absolute Gasteiger partial charge is 0.226 e. The summed E-state index contributed by atoms with van der Waals surface area (Å²) in [5.74, 6) is 0.636. The molecule has 1 aromatic carbocycles. The Kier molecular flexibility index (Phi) is 4.93. The van der Waals surface area contributed by atoms with Gasteiger partial charge >= 0.3 is 0 Å². The molecular weight excluding hydrogens is 278 g/mol. The van der Waals surface area contributed by atoms with Crippen LogP contribution in [0.2, 0.25) is 0 Å². The van der Waals surface area contributed by atoms with Gasteiger partial charge in [-0.2, -0.15) is 5.10 Å². The van der Waals surface area contributed by atoms with E-state index in [0.29, 0.717) is 5.82 Å². The Balaban J connectivity index is 2.05. The molecule has 1 amide bonds. The van der Waals surface area contributed by atoms with Crippen LogP contribution >= 0.6 is 0 Å². The lowest BCUT2D eigenvalue weighted by Gasteiger charge is -2.13. The molecule has 22 heavy (non-hydrogen) atoms. The van der Waals surface area contributed by atoms with Gasteiger partial charge in [0, 0.05) is 37.5 Å². The average Bonchev–Trinajstić information content (AvgIpc) is 2.49. The molecule has 0 radical (unpaired) electrons. The first kappa shape index (κ1) is 15.8. The van der Waals surface area contributed by atoms with Gasteiger partial charge in [0.05, 0.1) is 11.9 Å². The second kappa shape index (κ2) is 6.89. The molecule has 6 heteroatoms. The topological polar surface area (TPSA) is 70.2 Å². The number of aromatic nitrogens is 2. The molecule has 2 aromatic rings.